The number of benzene rings is 18. The van der Waals surface area contributed by atoms with Crippen molar-refractivity contribution in [2.75, 3.05) is 7.11 Å². The number of thiophene rings is 1. The number of hydrogen-bond acceptors (Lipinski definition) is 22. The highest BCUT2D eigenvalue weighted by atomic mass is 32.1. The summed E-state index contributed by atoms with van der Waals surface area (Å²) >= 11 is 1.65. The van der Waals surface area contributed by atoms with E-state index in [9.17, 15) is 74.1 Å². The van der Waals surface area contributed by atoms with E-state index in [-0.39, 0.29) is 58.0 Å². The molecule has 22 nitrogen and oxygen atoms in total. The number of aromatic carboxylic acids is 1. The summed E-state index contributed by atoms with van der Waals surface area (Å²) < 4.78 is 10.1. The molecule has 0 radical (unpaired) electrons. The summed E-state index contributed by atoms with van der Waals surface area (Å²) in [5.74, 6) is -0.420. The Labute approximate surface area is 837 Å². The predicted octanol–water partition coefficient (Wildman–Crippen LogP) is 27.5. The highest BCUT2D eigenvalue weighted by Crippen LogP contribution is 2.41. The number of carbonyl (C=O) groups excluding carboxylic acids is 7. The maximum Gasteiger partial charge on any atom is 0.335 e. The van der Waals surface area contributed by atoms with Gasteiger partial charge in [0.2, 0.25) is 5.88 Å². The van der Waals surface area contributed by atoms with E-state index in [2.05, 4.69) is 44.6 Å². The summed E-state index contributed by atoms with van der Waals surface area (Å²) in [5, 5.41) is 105. The van der Waals surface area contributed by atoms with Gasteiger partial charge in [0.05, 0.1) is 76.3 Å². The number of fused-ring (bicyclic) bond motifs is 9. The van der Waals surface area contributed by atoms with Crippen LogP contribution in [-0.4, -0.2) is 118 Å². The number of nitrogens with zero attached hydrogens (tertiary/aromatic N) is 3. The molecular formula is C123H85N3O19S. The number of aliphatic hydroxyl groups is 1. The van der Waals surface area contributed by atoms with Crippen molar-refractivity contribution in [3.05, 3.63) is 438 Å². The minimum atomic E-state index is -0.976. The quantitative estimate of drug-likeness (QED) is 0.0382. The van der Waals surface area contributed by atoms with E-state index in [1.165, 1.54) is 35.9 Å². The maximum absolute atomic E-state index is 11.2. The largest absolute Gasteiger partial charge is 0.507 e. The molecule has 23 aromatic rings. The standard InChI is InChI=1S/2C20H13NO2.C18H12O4.C18H14O3.C17H13NO3.C15H10O3.C15H10O2S/c22-12-18-16-8-6-13(11-14(16)7-9-20(18)23)15-3-1-5-19-17(15)4-2-10-21-19;22-12-19-17-7-5-14(9-13(17)6-8-20(19)23)18-11-21-10-15-3-1-2-4-16(15)18;19-10-16-15-6-4-12(8-13(15)5-7-17(16)20)11-2-1-3-14(9-11)18(21)22;19-10-12-1-3-13(4-2-12)14-5-7-16-15(9-14)6-8-18(21)17(16)11-20;1-21-17-7-4-13(9-18-17)11-2-5-14-12(8-11)3-6-16(20)15(14)10-19;2*16-8-14-13-3-1-10(12-5-6-18-9-12)7-11(13)2-4-15(14)17/h2*1-12,23H;1-10,20H,(H,21,22);1-9,11,19,21H,10H2;2-10,20H,1H3;2*1-9,17H. The number of pyridine rings is 3. The van der Waals surface area contributed by atoms with Crippen molar-refractivity contribution in [3.63, 3.8) is 0 Å². The number of phenolic OH excluding ortho intramolecular Hbond substituents is 7. The molecular weight excluding hydrogens is 1860 g/mol. The van der Waals surface area contributed by atoms with Crippen LogP contribution in [0.15, 0.2) is 392 Å². The van der Waals surface area contributed by atoms with E-state index < -0.39 is 5.97 Å². The molecule has 23 heteroatoms. The Kier molecular flexibility index (Phi) is 29.9. The zero-order valence-electron chi connectivity index (χ0n) is 77.6. The Morgan fingerprint density at radius 2 is 0.685 bits per heavy atom. The van der Waals surface area contributed by atoms with E-state index in [1.54, 1.807) is 116 Å². The first-order valence-corrected chi connectivity index (χ1v) is 46.4. The van der Waals surface area contributed by atoms with Crippen LogP contribution in [0.3, 0.4) is 0 Å². The van der Waals surface area contributed by atoms with Crippen LogP contribution in [0.2, 0.25) is 0 Å². The van der Waals surface area contributed by atoms with Crippen LogP contribution in [0, 0.1) is 0 Å². The molecule has 9 N–H and O–H groups in total. The molecule has 0 spiro atoms. The van der Waals surface area contributed by atoms with Gasteiger partial charge in [-0.1, -0.05) is 206 Å². The summed E-state index contributed by atoms with van der Waals surface area (Å²) in [7, 11) is 1.57. The van der Waals surface area contributed by atoms with Gasteiger partial charge in [-0.05, 0) is 286 Å². The molecule has 5 heterocycles. The van der Waals surface area contributed by atoms with Crippen LogP contribution in [0.1, 0.15) is 88.4 Å². The number of aromatic nitrogens is 3. The average molecular weight is 1940 g/mol. The Morgan fingerprint density at radius 1 is 0.308 bits per heavy atom. The topological polar surface area (TPSA) is 380 Å². The summed E-state index contributed by atoms with van der Waals surface area (Å²) in [5.41, 5.74) is 18.4. The maximum atomic E-state index is 11.2. The first-order valence-electron chi connectivity index (χ1n) is 45.4. The second-order valence-electron chi connectivity index (χ2n) is 33.5. The van der Waals surface area contributed by atoms with Crippen molar-refractivity contribution in [2.45, 2.75) is 6.61 Å². The Hall–Kier alpha value is -19.8. The third-order valence-corrected chi connectivity index (χ3v) is 25.6. The van der Waals surface area contributed by atoms with Gasteiger partial charge in [-0.15, -0.1) is 0 Å². The van der Waals surface area contributed by atoms with E-state index in [0.717, 1.165) is 170 Å². The van der Waals surface area contributed by atoms with Crippen molar-refractivity contribution in [3.8, 4) is 124 Å². The lowest BCUT2D eigenvalue weighted by Gasteiger charge is -2.09. The first kappa shape index (κ1) is 97.9. The van der Waals surface area contributed by atoms with Crippen molar-refractivity contribution >= 4 is 158 Å². The van der Waals surface area contributed by atoms with Crippen molar-refractivity contribution in [1.29, 1.82) is 0 Å². The monoisotopic (exact) mass is 1940 g/mol. The van der Waals surface area contributed by atoms with E-state index in [0.29, 0.717) is 88.7 Å². The minimum absolute atomic E-state index is 0.00227. The van der Waals surface area contributed by atoms with Gasteiger partial charge >= 0.3 is 5.97 Å². The van der Waals surface area contributed by atoms with Crippen LogP contribution >= 0.6 is 11.3 Å². The zero-order valence-corrected chi connectivity index (χ0v) is 78.4. The fourth-order valence-corrected chi connectivity index (χ4v) is 18.0. The second kappa shape index (κ2) is 44.6. The minimum Gasteiger partial charge on any atom is -0.507 e. The highest BCUT2D eigenvalue weighted by molar-refractivity contribution is 7.08. The number of carbonyl (C=O) groups is 8. The van der Waals surface area contributed by atoms with Crippen LogP contribution < -0.4 is 4.74 Å². The highest BCUT2D eigenvalue weighted by Gasteiger charge is 2.19. The van der Waals surface area contributed by atoms with Crippen LogP contribution in [0.5, 0.6) is 46.1 Å². The number of hydrogen-bond donors (Lipinski definition) is 9. The van der Waals surface area contributed by atoms with Gasteiger partial charge < -0.3 is 55.1 Å². The molecule has 712 valence electrons. The van der Waals surface area contributed by atoms with Gasteiger partial charge in [0.25, 0.3) is 0 Å². The van der Waals surface area contributed by atoms with Crippen LogP contribution in [-0.2, 0) is 6.61 Å². The number of furan rings is 1. The molecule has 0 unspecified atom stereocenters. The number of ether oxygens (including phenoxy) is 1. The van der Waals surface area contributed by atoms with Gasteiger partial charge in [0.1, 0.15) is 40.2 Å². The lowest BCUT2D eigenvalue weighted by molar-refractivity contribution is 0.0695. The molecule has 23 rings (SSSR count). The smallest absolute Gasteiger partial charge is 0.335 e. The average Bonchev–Trinajstić information content (AvgIpc) is 0.980. The Balaban J connectivity index is 0.000000117. The Bertz CT molecular complexity index is 8490. The molecule has 0 bridgehead atoms. The molecule has 0 saturated carbocycles. The predicted molar refractivity (Wildman–Crippen MR) is 573 cm³/mol. The third-order valence-electron chi connectivity index (χ3n) is 24.9. The summed E-state index contributed by atoms with van der Waals surface area (Å²) in [6.07, 6.45) is 15.2. The molecule has 5 aromatic heterocycles. The lowest BCUT2D eigenvalue weighted by atomic mass is 9.96. The number of aromatic hydroxyl groups is 7. The second-order valence-corrected chi connectivity index (χ2v) is 34.3. The van der Waals surface area contributed by atoms with Gasteiger partial charge in [0.15, 0.2) is 44.0 Å². The van der Waals surface area contributed by atoms with Crippen LogP contribution in [0.4, 0.5) is 0 Å². The third kappa shape index (κ3) is 21.2. The number of aliphatic hydroxyl groups excluding tert-OH is 1. The number of phenols is 7. The Morgan fingerprint density at radius 3 is 1.08 bits per heavy atom. The van der Waals surface area contributed by atoms with Crippen molar-refractivity contribution in [1.82, 2.24) is 15.0 Å². The SMILES string of the molecule is COc1ccc(-c2ccc3c(C=O)c(O)ccc3c2)cn1.O=Cc1c(O)ccc2cc(-c3ccc(CO)cc3)ccc12.O=Cc1c(O)ccc2cc(-c3cccc(C(=O)O)c3)ccc12.O=Cc1c(O)ccc2cc(-c3cccc4ncccc34)ccc12.O=Cc1c(O)ccc2cc(-c3ccoc3)ccc12.O=Cc1c(O)ccc2cc(-c3ccsc3)ccc12.O=Cc1c(O)ccc2cc(-c3cncc4ccccc34)ccc12. The van der Waals surface area contributed by atoms with Gasteiger partial charge in [0, 0.05) is 58.3 Å². The molecule has 0 fully saturated rings. The number of carboxylic acids is 1. The van der Waals surface area contributed by atoms with Crippen molar-refractivity contribution < 1.29 is 93.5 Å². The fourth-order valence-electron chi connectivity index (χ4n) is 17.4. The number of rotatable bonds is 17. The van der Waals surface area contributed by atoms with E-state index in [4.69, 9.17) is 19.4 Å². The molecule has 146 heavy (non-hydrogen) atoms. The fraction of sp³-hybridized carbons (Fsp3) is 0.0163. The summed E-state index contributed by atoms with van der Waals surface area (Å²) in [4.78, 5) is 102. The molecule has 0 atom stereocenters. The normalized spacial score (nSPS) is 10.7. The molecule has 0 aliphatic carbocycles. The van der Waals surface area contributed by atoms with Gasteiger partial charge in [-0.3, -0.25) is 43.5 Å². The van der Waals surface area contributed by atoms with Crippen LogP contribution in [0.25, 0.3) is 175 Å². The molecule has 0 aliphatic heterocycles. The lowest BCUT2D eigenvalue weighted by Crippen LogP contribution is -1.95. The summed E-state index contributed by atoms with van der Waals surface area (Å²) in [6.45, 7) is 0.0277. The molecule has 0 saturated heterocycles. The first-order chi connectivity index (χ1) is 71.2. The molecule has 0 aliphatic rings. The molecule has 0 amide bonds. The van der Waals surface area contributed by atoms with Gasteiger partial charge in [-0.2, -0.15) is 11.3 Å². The summed E-state index contributed by atoms with van der Waals surface area (Å²) in [6, 6.07) is 104. The number of methoxy groups -OCH3 is 1. The van der Waals surface area contributed by atoms with Gasteiger partial charge in [-0.25, -0.2) is 9.78 Å². The zero-order chi connectivity index (χ0) is 102. The number of aldehydes is 7. The molecule has 18 aromatic carbocycles. The van der Waals surface area contributed by atoms with E-state index in [1.807, 2.05) is 230 Å². The van der Waals surface area contributed by atoms with Crippen molar-refractivity contribution in [2.24, 2.45) is 0 Å². The van der Waals surface area contributed by atoms with E-state index >= 15 is 0 Å². The number of carboxylic acid groups (broad SMARTS) is 1.